The molecule has 0 aliphatic heterocycles. The van der Waals surface area contributed by atoms with Crippen LogP contribution in [0.3, 0.4) is 0 Å². The predicted molar refractivity (Wildman–Crippen MR) is 86.7 cm³/mol. The summed E-state index contributed by atoms with van der Waals surface area (Å²) in [4.78, 5) is 11.4. The van der Waals surface area contributed by atoms with Crippen molar-refractivity contribution in [2.24, 2.45) is 0 Å². The van der Waals surface area contributed by atoms with Crippen molar-refractivity contribution in [2.45, 2.75) is 26.3 Å². The molecule has 106 valence electrons. The van der Waals surface area contributed by atoms with Crippen LogP contribution < -0.4 is 10.6 Å². The fourth-order valence-corrected chi connectivity index (χ4v) is 2.73. The molecule has 3 nitrogen and oxygen atoms in total. The first-order chi connectivity index (χ1) is 9.60. The SMILES string of the molecule is CCC(=O)Nc1ccc(Cl)c(NC(C)c2ccsc2)c1. The zero-order valence-corrected chi connectivity index (χ0v) is 13.0. The van der Waals surface area contributed by atoms with Crippen LogP contribution in [0.1, 0.15) is 31.9 Å². The van der Waals surface area contributed by atoms with Gasteiger partial charge in [-0.05, 0) is 47.5 Å². The van der Waals surface area contributed by atoms with E-state index in [2.05, 4.69) is 29.0 Å². The Hall–Kier alpha value is -1.52. The molecule has 2 N–H and O–H groups in total. The molecule has 2 aromatic rings. The molecule has 0 bridgehead atoms. The summed E-state index contributed by atoms with van der Waals surface area (Å²) in [6.07, 6.45) is 0.455. The van der Waals surface area contributed by atoms with Gasteiger partial charge in [0.15, 0.2) is 0 Å². The zero-order chi connectivity index (χ0) is 14.5. The van der Waals surface area contributed by atoms with Gasteiger partial charge < -0.3 is 10.6 Å². The standard InChI is InChI=1S/C15H17ClN2OS/c1-3-15(19)18-12-4-5-13(16)14(8-12)17-10(2)11-6-7-20-9-11/h4-10,17H,3H2,1-2H3,(H,18,19). The second kappa shape index (κ2) is 6.77. The van der Waals surface area contributed by atoms with E-state index in [1.807, 2.05) is 18.4 Å². The van der Waals surface area contributed by atoms with Crippen LogP contribution in [0.15, 0.2) is 35.0 Å². The average Bonchev–Trinajstić information content (AvgIpc) is 2.96. The molecular formula is C15H17ClN2OS. The van der Waals surface area contributed by atoms with Crippen LogP contribution in [0.5, 0.6) is 0 Å². The Labute approximate surface area is 128 Å². The van der Waals surface area contributed by atoms with Gasteiger partial charge in [-0.2, -0.15) is 11.3 Å². The smallest absolute Gasteiger partial charge is 0.224 e. The molecule has 0 aliphatic carbocycles. The summed E-state index contributed by atoms with van der Waals surface area (Å²) < 4.78 is 0. The molecule has 0 aliphatic rings. The van der Waals surface area contributed by atoms with Gasteiger partial charge >= 0.3 is 0 Å². The summed E-state index contributed by atoms with van der Waals surface area (Å²) in [6.45, 7) is 3.90. The predicted octanol–water partition coefficient (Wildman–Crippen LogP) is 4.92. The van der Waals surface area contributed by atoms with Gasteiger partial charge in [-0.15, -0.1) is 0 Å². The molecule has 1 aromatic heterocycles. The highest BCUT2D eigenvalue weighted by atomic mass is 35.5. The van der Waals surface area contributed by atoms with Crippen molar-refractivity contribution < 1.29 is 4.79 Å². The van der Waals surface area contributed by atoms with E-state index in [-0.39, 0.29) is 11.9 Å². The third-order valence-electron chi connectivity index (χ3n) is 2.99. The number of nitrogens with one attached hydrogen (secondary N) is 2. The maximum Gasteiger partial charge on any atom is 0.224 e. The maximum absolute atomic E-state index is 11.4. The van der Waals surface area contributed by atoms with Gasteiger partial charge in [-0.25, -0.2) is 0 Å². The Morgan fingerprint density at radius 2 is 2.20 bits per heavy atom. The van der Waals surface area contributed by atoms with E-state index in [0.29, 0.717) is 11.4 Å². The van der Waals surface area contributed by atoms with Gasteiger partial charge in [-0.3, -0.25) is 4.79 Å². The molecule has 1 unspecified atom stereocenters. The van der Waals surface area contributed by atoms with Crippen molar-refractivity contribution in [2.75, 3.05) is 10.6 Å². The summed E-state index contributed by atoms with van der Waals surface area (Å²) >= 11 is 7.87. The average molecular weight is 309 g/mol. The van der Waals surface area contributed by atoms with Crippen molar-refractivity contribution in [3.8, 4) is 0 Å². The van der Waals surface area contributed by atoms with Crippen LogP contribution in [0.2, 0.25) is 5.02 Å². The molecule has 1 heterocycles. The van der Waals surface area contributed by atoms with Crippen LogP contribution in [0.25, 0.3) is 0 Å². The molecule has 5 heteroatoms. The van der Waals surface area contributed by atoms with Crippen molar-refractivity contribution in [1.29, 1.82) is 0 Å². The number of hydrogen-bond donors (Lipinski definition) is 2. The topological polar surface area (TPSA) is 41.1 Å². The summed E-state index contributed by atoms with van der Waals surface area (Å²) in [5, 5.41) is 11.0. The first kappa shape index (κ1) is 14.9. The van der Waals surface area contributed by atoms with Crippen LogP contribution in [0, 0.1) is 0 Å². The third-order valence-corrected chi connectivity index (χ3v) is 4.02. The first-order valence-corrected chi connectivity index (χ1v) is 7.80. The molecule has 2 rings (SSSR count). The van der Waals surface area contributed by atoms with Crippen LogP contribution in [-0.4, -0.2) is 5.91 Å². The fraction of sp³-hybridized carbons (Fsp3) is 0.267. The number of benzene rings is 1. The quantitative estimate of drug-likeness (QED) is 0.823. The number of hydrogen-bond acceptors (Lipinski definition) is 3. The summed E-state index contributed by atoms with van der Waals surface area (Å²) in [5.41, 5.74) is 2.79. The van der Waals surface area contributed by atoms with Gasteiger partial charge in [0.05, 0.1) is 10.7 Å². The normalized spacial score (nSPS) is 11.9. The minimum atomic E-state index is -0.0100. The van der Waals surface area contributed by atoms with Crippen LogP contribution in [-0.2, 0) is 4.79 Å². The molecule has 0 fully saturated rings. The second-order valence-corrected chi connectivity index (χ2v) is 5.71. The maximum atomic E-state index is 11.4. The Bertz CT molecular complexity index is 584. The zero-order valence-electron chi connectivity index (χ0n) is 11.4. The number of carbonyl (C=O) groups excluding carboxylic acids is 1. The van der Waals surface area contributed by atoms with Crippen molar-refractivity contribution in [3.05, 3.63) is 45.6 Å². The molecule has 1 aromatic carbocycles. The Balaban J connectivity index is 2.14. The van der Waals surface area contributed by atoms with Gasteiger partial charge in [0, 0.05) is 18.2 Å². The molecule has 1 amide bonds. The summed E-state index contributed by atoms with van der Waals surface area (Å²) in [6, 6.07) is 7.69. The van der Waals surface area contributed by atoms with E-state index in [1.165, 1.54) is 5.56 Å². The monoisotopic (exact) mass is 308 g/mol. The lowest BCUT2D eigenvalue weighted by molar-refractivity contribution is -0.115. The molecule has 0 saturated heterocycles. The number of carbonyl (C=O) groups is 1. The third kappa shape index (κ3) is 3.74. The van der Waals surface area contributed by atoms with Gasteiger partial charge in [0.2, 0.25) is 5.91 Å². The van der Waals surface area contributed by atoms with E-state index in [9.17, 15) is 4.79 Å². The van der Waals surface area contributed by atoms with E-state index in [1.54, 1.807) is 23.5 Å². The number of thiophene rings is 1. The first-order valence-electron chi connectivity index (χ1n) is 6.48. The lowest BCUT2D eigenvalue weighted by Gasteiger charge is -2.16. The lowest BCUT2D eigenvalue weighted by atomic mass is 10.1. The van der Waals surface area contributed by atoms with E-state index >= 15 is 0 Å². The second-order valence-electron chi connectivity index (χ2n) is 4.52. The largest absolute Gasteiger partial charge is 0.377 e. The molecule has 20 heavy (non-hydrogen) atoms. The number of anilines is 2. The Morgan fingerprint density at radius 3 is 2.85 bits per heavy atom. The Morgan fingerprint density at radius 1 is 1.40 bits per heavy atom. The minimum absolute atomic E-state index is 0.0100. The van der Waals surface area contributed by atoms with Crippen molar-refractivity contribution in [3.63, 3.8) is 0 Å². The summed E-state index contributed by atoms with van der Waals surface area (Å²) in [5.74, 6) is -0.0100. The van der Waals surface area contributed by atoms with E-state index in [4.69, 9.17) is 11.6 Å². The number of amides is 1. The van der Waals surface area contributed by atoms with E-state index < -0.39 is 0 Å². The Kier molecular flexibility index (Phi) is 5.04. The highest BCUT2D eigenvalue weighted by Crippen LogP contribution is 2.29. The highest BCUT2D eigenvalue weighted by Gasteiger charge is 2.09. The summed E-state index contributed by atoms with van der Waals surface area (Å²) in [7, 11) is 0. The van der Waals surface area contributed by atoms with Gasteiger partial charge in [-0.1, -0.05) is 18.5 Å². The molecule has 0 spiro atoms. The van der Waals surface area contributed by atoms with Crippen LogP contribution in [0.4, 0.5) is 11.4 Å². The lowest BCUT2D eigenvalue weighted by Crippen LogP contribution is -2.10. The highest BCUT2D eigenvalue weighted by molar-refractivity contribution is 7.08. The van der Waals surface area contributed by atoms with Crippen molar-refractivity contribution >= 4 is 40.2 Å². The molecule has 1 atom stereocenters. The number of rotatable bonds is 5. The van der Waals surface area contributed by atoms with Crippen LogP contribution >= 0.6 is 22.9 Å². The fourth-order valence-electron chi connectivity index (χ4n) is 1.80. The van der Waals surface area contributed by atoms with Gasteiger partial charge in [0.25, 0.3) is 0 Å². The molecular weight excluding hydrogens is 292 g/mol. The van der Waals surface area contributed by atoms with E-state index in [0.717, 1.165) is 11.4 Å². The molecule has 0 radical (unpaired) electrons. The van der Waals surface area contributed by atoms with Crippen molar-refractivity contribution in [1.82, 2.24) is 0 Å². The number of halogens is 1. The molecule has 0 saturated carbocycles. The van der Waals surface area contributed by atoms with Gasteiger partial charge in [0.1, 0.15) is 0 Å². The minimum Gasteiger partial charge on any atom is -0.377 e.